The lowest BCUT2D eigenvalue weighted by molar-refractivity contribution is -0.168. The van der Waals surface area contributed by atoms with E-state index in [1.54, 1.807) is 0 Å². The summed E-state index contributed by atoms with van der Waals surface area (Å²) < 4.78 is 38.8. The molecule has 0 fully saturated rings. The molecule has 1 aromatic heterocycles. The highest BCUT2D eigenvalue weighted by Crippen LogP contribution is 2.32. The van der Waals surface area contributed by atoms with Crippen LogP contribution in [0, 0.1) is 5.92 Å². The molecule has 0 aliphatic heterocycles. The van der Waals surface area contributed by atoms with Gasteiger partial charge in [-0.25, -0.2) is 0 Å². The van der Waals surface area contributed by atoms with Crippen LogP contribution in [0.2, 0.25) is 0 Å². The maximum Gasteiger partial charge on any atom is 0.391 e. The lowest BCUT2D eigenvalue weighted by Gasteiger charge is -2.15. The van der Waals surface area contributed by atoms with Gasteiger partial charge in [0, 0.05) is 23.4 Å². The van der Waals surface area contributed by atoms with Crippen molar-refractivity contribution >= 4 is 5.78 Å². The SMILES string of the molecule is CCCCc1[nH]c(CCCC)c(C(=O)C[C@@H](C)C(F)(F)F)c1CCCC. The molecule has 2 nitrogen and oxygen atoms in total. The summed E-state index contributed by atoms with van der Waals surface area (Å²) in [6.45, 7) is 7.37. The highest BCUT2D eigenvalue weighted by Gasteiger charge is 2.38. The second-order valence-electron chi connectivity index (χ2n) is 7.32. The third kappa shape index (κ3) is 6.48. The van der Waals surface area contributed by atoms with Crippen LogP contribution < -0.4 is 0 Å². The number of Topliss-reactive ketones (excluding diaryl/α,β-unsaturated/α-hetero) is 1. The molecule has 1 heterocycles. The van der Waals surface area contributed by atoms with Crippen LogP contribution >= 0.6 is 0 Å². The van der Waals surface area contributed by atoms with E-state index in [4.69, 9.17) is 0 Å². The molecule has 0 bridgehead atoms. The number of hydrogen-bond donors (Lipinski definition) is 1. The number of aromatic amines is 1. The van der Waals surface area contributed by atoms with E-state index in [2.05, 4.69) is 25.8 Å². The molecule has 0 aliphatic carbocycles. The lowest BCUT2D eigenvalue weighted by atomic mass is 9.92. The topological polar surface area (TPSA) is 32.9 Å². The number of aryl methyl sites for hydroxylation is 2. The summed E-state index contributed by atoms with van der Waals surface area (Å²) >= 11 is 0. The second-order valence-corrected chi connectivity index (χ2v) is 7.32. The predicted octanol–water partition coefficient (Wildman–Crippen LogP) is 6.81. The molecule has 0 saturated carbocycles. The van der Waals surface area contributed by atoms with Crippen LogP contribution in [0.5, 0.6) is 0 Å². The molecule has 5 heteroatoms. The van der Waals surface area contributed by atoms with E-state index in [1.165, 1.54) is 0 Å². The van der Waals surface area contributed by atoms with Crippen LogP contribution in [0.3, 0.4) is 0 Å². The van der Waals surface area contributed by atoms with Gasteiger partial charge in [0.2, 0.25) is 0 Å². The quantitative estimate of drug-likeness (QED) is 0.401. The maximum atomic E-state index is 12.9. The number of halogens is 3. The molecule has 0 spiro atoms. The Morgan fingerprint density at radius 2 is 1.42 bits per heavy atom. The van der Waals surface area contributed by atoms with E-state index in [0.29, 0.717) is 5.56 Å². The van der Waals surface area contributed by atoms with Crippen LogP contribution in [0.4, 0.5) is 13.2 Å². The van der Waals surface area contributed by atoms with Crippen molar-refractivity contribution in [2.24, 2.45) is 5.92 Å². The Labute approximate surface area is 156 Å². The molecular weight excluding hydrogens is 339 g/mol. The van der Waals surface area contributed by atoms with Crippen LogP contribution in [-0.2, 0) is 19.3 Å². The van der Waals surface area contributed by atoms with Crippen molar-refractivity contribution in [3.63, 3.8) is 0 Å². The molecule has 1 aromatic rings. The fraction of sp³-hybridized carbons (Fsp3) is 0.762. The van der Waals surface area contributed by atoms with E-state index in [1.807, 2.05) is 0 Å². The number of unbranched alkanes of at least 4 members (excludes halogenated alkanes) is 3. The standard InChI is InChI=1S/C21H34F3NO/c1-5-8-11-16-17(12-9-6-2)25-18(13-10-7-3)20(16)19(26)14-15(4)21(22,23)24/h15,25H,5-14H2,1-4H3/t15-/m1/s1. The minimum absolute atomic E-state index is 0.356. The van der Waals surface area contributed by atoms with Gasteiger partial charge in [-0.1, -0.05) is 47.0 Å². The van der Waals surface area contributed by atoms with Crippen molar-refractivity contribution < 1.29 is 18.0 Å². The summed E-state index contributed by atoms with van der Waals surface area (Å²) in [5, 5.41) is 0. The Balaban J connectivity index is 3.23. The highest BCUT2D eigenvalue weighted by atomic mass is 19.4. The van der Waals surface area contributed by atoms with E-state index in [-0.39, 0.29) is 5.78 Å². The zero-order valence-corrected chi connectivity index (χ0v) is 16.7. The van der Waals surface area contributed by atoms with E-state index in [9.17, 15) is 18.0 Å². The Bertz CT molecular complexity index is 560. The molecule has 0 amide bonds. The number of aromatic nitrogens is 1. The summed E-state index contributed by atoms with van der Waals surface area (Å²) in [7, 11) is 0. The minimum atomic E-state index is -4.33. The first-order chi connectivity index (χ1) is 12.3. The smallest absolute Gasteiger partial charge is 0.361 e. The number of H-pyrrole nitrogens is 1. The molecule has 1 N–H and O–H groups in total. The van der Waals surface area contributed by atoms with Gasteiger partial charge >= 0.3 is 6.18 Å². The summed E-state index contributed by atoms with van der Waals surface area (Å²) in [5.41, 5.74) is 3.46. The van der Waals surface area contributed by atoms with Crippen molar-refractivity contribution in [3.05, 3.63) is 22.5 Å². The zero-order chi connectivity index (χ0) is 19.7. The normalized spacial score (nSPS) is 13.2. The molecule has 1 atom stereocenters. The van der Waals surface area contributed by atoms with Gasteiger partial charge in [-0.2, -0.15) is 13.2 Å². The summed E-state index contributed by atoms with van der Waals surface area (Å²) in [5.74, 6) is -1.96. The van der Waals surface area contributed by atoms with Crippen molar-refractivity contribution in [1.82, 2.24) is 4.98 Å². The number of carbonyl (C=O) groups excluding carboxylic acids is 1. The Morgan fingerprint density at radius 1 is 0.923 bits per heavy atom. The molecule has 0 saturated heterocycles. The lowest BCUT2D eigenvalue weighted by Crippen LogP contribution is -2.23. The predicted molar refractivity (Wildman–Crippen MR) is 101 cm³/mol. The summed E-state index contributed by atoms with van der Waals surface area (Å²) in [4.78, 5) is 16.3. The molecule has 0 aromatic carbocycles. The first-order valence-electron chi connectivity index (χ1n) is 10.1. The van der Waals surface area contributed by atoms with Gasteiger partial charge in [-0.3, -0.25) is 4.79 Å². The Hall–Kier alpha value is -1.26. The van der Waals surface area contributed by atoms with Crippen molar-refractivity contribution in [2.75, 3.05) is 0 Å². The van der Waals surface area contributed by atoms with Crippen molar-refractivity contribution in [1.29, 1.82) is 0 Å². The Kier molecular flexibility index (Phi) is 9.45. The van der Waals surface area contributed by atoms with Crippen LogP contribution in [-0.4, -0.2) is 16.9 Å². The van der Waals surface area contributed by atoms with Gasteiger partial charge < -0.3 is 4.98 Å². The molecule has 1 rings (SSSR count). The van der Waals surface area contributed by atoms with Gasteiger partial charge in [-0.05, 0) is 44.1 Å². The first-order valence-corrected chi connectivity index (χ1v) is 10.1. The van der Waals surface area contributed by atoms with Gasteiger partial charge in [-0.15, -0.1) is 0 Å². The third-order valence-corrected chi connectivity index (χ3v) is 4.94. The number of rotatable bonds is 12. The second kappa shape index (κ2) is 10.8. The summed E-state index contributed by atoms with van der Waals surface area (Å²) in [6, 6.07) is 0. The fourth-order valence-electron chi connectivity index (χ4n) is 3.22. The monoisotopic (exact) mass is 373 g/mol. The average molecular weight is 374 g/mol. The number of nitrogens with one attached hydrogen (secondary N) is 1. The summed E-state index contributed by atoms with van der Waals surface area (Å²) in [6.07, 6.45) is 3.46. The first kappa shape index (κ1) is 22.8. The number of carbonyl (C=O) groups is 1. The molecule has 0 aliphatic rings. The van der Waals surface area contributed by atoms with Crippen LogP contribution in [0.1, 0.15) is 99.9 Å². The number of alkyl halides is 3. The van der Waals surface area contributed by atoms with Crippen molar-refractivity contribution in [3.8, 4) is 0 Å². The average Bonchev–Trinajstić information content (AvgIpc) is 2.92. The van der Waals surface area contributed by atoms with Crippen LogP contribution in [0.15, 0.2) is 0 Å². The maximum absolute atomic E-state index is 12.9. The molecule has 150 valence electrons. The van der Waals surface area contributed by atoms with E-state index >= 15 is 0 Å². The largest absolute Gasteiger partial charge is 0.391 e. The van der Waals surface area contributed by atoms with Crippen LogP contribution in [0.25, 0.3) is 0 Å². The van der Waals surface area contributed by atoms with E-state index < -0.39 is 18.5 Å². The zero-order valence-electron chi connectivity index (χ0n) is 16.7. The minimum Gasteiger partial charge on any atom is -0.361 e. The van der Waals surface area contributed by atoms with E-state index in [0.717, 1.165) is 81.7 Å². The molecular formula is C21H34F3NO. The third-order valence-electron chi connectivity index (χ3n) is 4.94. The number of hydrogen-bond acceptors (Lipinski definition) is 1. The highest BCUT2D eigenvalue weighted by molar-refractivity contribution is 5.99. The molecule has 26 heavy (non-hydrogen) atoms. The van der Waals surface area contributed by atoms with Gasteiger partial charge in [0.1, 0.15) is 0 Å². The fourth-order valence-corrected chi connectivity index (χ4v) is 3.22. The number of ketones is 1. The molecule has 0 radical (unpaired) electrons. The Morgan fingerprint density at radius 3 is 1.92 bits per heavy atom. The molecule has 0 unspecified atom stereocenters. The van der Waals surface area contributed by atoms with Gasteiger partial charge in [0.15, 0.2) is 5.78 Å². The van der Waals surface area contributed by atoms with Gasteiger partial charge in [0.05, 0.1) is 5.92 Å². The van der Waals surface area contributed by atoms with Crippen molar-refractivity contribution in [2.45, 2.75) is 98.1 Å². The van der Waals surface area contributed by atoms with Gasteiger partial charge in [0.25, 0.3) is 0 Å².